The van der Waals surface area contributed by atoms with E-state index in [-0.39, 0.29) is 0 Å². The lowest BCUT2D eigenvalue weighted by molar-refractivity contribution is 1.13. The Kier molecular flexibility index (Phi) is 4.81. The lowest BCUT2D eigenvalue weighted by Gasteiger charge is -2.10. The lowest BCUT2D eigenvalue weighted by atomic mass is 10.2. The van der Waals surface area contributed by atoms with Crippen LogP contribution in [0, 0.1) is 0 Å². The third kappa shape index (κ3) is 3.58. The Bertz CT molecular complexity index is 523. The van der Waals surface area contributed by atoms with Crippen LogP contribution in [0.15, 0.2) is 47.4 Å². The van der Waals surface area contributed by atoms with Gasteiger partial charge in [-0.1, -0.05) is 35.3 Å². The Morgan fingerprint density at radius 3 is 2.39 bits per heavy atom. The van der Waals surface area contributed by atoms with E-state index in [9.17, 15) is 0 Å². The molecular formula is C14H13Cl2NS. The second-order valence-corrected chi connectivity index (χ2v) is 5.55. The molecule has 0 aliphatic heterocycles. The van der Waals surface area contributed by atoms with E-state index in [2.05, 4.69) is 23.7 Å². The summed E-state index contributed by atoms with van der Waals surface area (Å²) in [6.45, 7) is 0.706. The SMILES string of the molecule is CSc1ccccc1NCc1cc(Cl)cc(Cl)c1. The van der Waals surface area contributed by atoms with Crippen molar-refractivity contribution in [3.63, 3.8) is 0 Å². The average molecular weight is 298 g/mol. The standard InChI is InChI=1S/C14H13Cl2NS/c1-18-14-5-3-2-4-13(14)17-9-10-6-11(15)8-12(16)7-10/h2-8,17H,9H2,1H3. The maximum atomic E-state index is 5.97. The van der Waals surface area contributed by atoms with Crippen molar-refractivity contribution < 1.29 is 0 Å². The molecule has 18 heavy (non-hydrogen) atoms. The first-order valence-corrected chi connectivity index (χ1v) is 7.49. The summed E-state index contributed by atoms with van der Waals surface area (Å²) in [6, 6.07) is 13.8. The highest BCUT2D eigenvalue weighted by Gasteiger charge is 2.01. The van der Waals surface area contributed by atoms with Crippen molar-refractivity contribution in [2.45, 2.75) is 11.4 Å². The van der Waals surface area contributed by atoms with Crippen molar-refractivity contribution in [1.82, 2.24) is 0 Å². The van der Waals surface area contributed by atoms with Crippen molar-refractivity contribution >= 4 is 40.7 Å². The van der Waals surface area contributed by atoms with E-state index in [1.54, 1.807) is 17.8 Å². The zero-order valence-electron chi connectivity index (χ0n) is 9.91. The molecule has 0 aromatic heterocycles. The van der Waals surface area contributed by atoms with Gasteiger partial charge >= 0.3 is 0 Å². The molecule has 0 aliphatic rings. The van der Waals surface area contributed by atoms with Crippen LogP contribution in [-0.2, 0) is 6.54 Å². The quantitative estimate of drug-likeness (QED) is 0.766. The van der Waals surface area contributed by atoms with Gasteiger partial charge < -0.3 is 5.32 Å². The minimum absolute atomic E-state index is 0.664. The van der Waals surface area contributed by atoms with E-state index in [1.165, 1.54) is 4.90 Å². The predicted octanol–water partition coefficient (Wildman–Crippen LogP) is 5.33. The summed E-state index contributed by atoms with van der Waals surface area (Å²) in [5, 5.41) is 4.73. The van der Waals surface area contributed by atoms with Crippen molar-refractivity contribution in [3.8, 4) is 0 Å². The Morgan fingerprint density at radius 2 is 1.72 bits per heavy atom. The summed E-state index contributed by atoms with van der Waals surface area (Å²) in [4.78, 5) is 1.23. The second kappa shape index (κ2) is 6.37. The Balaban J connectivity index is 2.11. The summed E-state index contributed by atoms with van der Waals surface area (Å²) < 4.78 is 0. The molecule has 1 nitrogen and oxygen atoms in total. The van der Waals surface area contributed by atoms with E-state index in [0.717, 1.165) is 11.3 Å². The van der Waals surface area contributed by atoms with Crippen LogP contribution in [0.1, 0.15) is 5.56 Å². The summed E-state index contributed by atoms with van der Waals surface area (Å²) in [5.74, 6) is 0. The highest BCUT2D eigenvalue weighted by atomic mass is 35.5. The largest absolute Gasteiger partial charge is 0.380 e. The topological polar surface area (TPSA) is 12.0 Å². The molecule has 0 saturated carbocycles. The summed E-state index contributed by atoms with van der Waals surface area (Å²) in [5.41, 5.74) is 2.20. The molecule has 94 valence electrons. The van der Waals surface area contributed by atoms with Crippen LogP contribution in [0.5, 0.6) is 0 Å². The molecule has 2 aromatic rings. The highest BCUT2D eigenvalue weighted by molar-refractivity contribution is 7.98. The number of hydrogen-bond donors (Lipinski definition) is 1. The molecule has 0 fully saturated rings. The second-order valence-electron chi connectivity index (χ2n) is 3.83. The van der Waals surface area contributed by atoms with Crippen LogP contribution in [0.2, 0.25) is 10.0 Å². The number of thioether (sulfide) groups is 1. The van der Waals surface area contributed by atoms with Crippen LogP contribution in [0.3, 0.4) is 0 Å². The van der Waals surface area contributed by atoms with Crippen molar-refractivity contribution in [2.24, 2.45) is 0 Å². The first kappa shape index (κ1) is 13.6. The van der Waals surface area contributed by atoms with Gasteiger partial charge in [0.05, 0.1) is 0 Å². The van der Waals surface area contributed by atoms with E-state index in [0.29, 0.717) is 16.6 Å². The van der Waals surface area contributed by atoms with Crippen LogP contribution >= 0.6 is 35.0 Å². The number of benzene rings is 2. The van der Waals surface area contributed by atoms with Gasteiger partial charge in [-0.2, -0.15) is 0 Å². The molecule has 0 unspecified atom stereocenters. The van der Waals surface area contributed by atoms with Gasteiger partial charge in [-0.15, -0.1) is 11.8 Å². The van der Waals surface area contributed by atoms with E-state index in [4.69, 9.17) is 23.2 Å². The molecule has 0 aliphatic carbocycles. The number of nitrogens with one attached hydrogen (secondary N) is 1. The third-order valence-corrected chi connectivity index (χ3v) is 3.74. The number of halogens is 2. The maximum absolute atomic E-state index is 5.97. The molecule has 0 amide bonds. The smallest absolute Gasteiger partial charge is 0.0480 e. The van der Waals surface area contributed by atoms with Gasteiger partial charge in [-0.05, 0) is 42.2 Å². The molecule has 0 atom stereocenters. The van der Waals surface area contributed by atoms with Crippen LogP contribution in [-0.4, -0.2) is 6.26 Å². The molecule has 0 saturated heterocycles. The molecule has 0 spiro atoms. The molecule has 0 bridgehead atoms. The Morgan fingerprint density at radius 1 is 1.06 bits per heavy atom. The summed E-state index contributed by atoms with van der Waals surface area (Å²) >= 11 is 13.7. The zero-order chi connectivity index (χ0) is 13.0. The first-order chi connectivity index (χ1) is 8.69. The highest BCUT2D eigenvalue weighted by Crippen LogP contribution is 2.26. The fraction of sp³-hybridized carbons (Fsp3) is 0.143. The number of hydrogen-bond acceptors (Lipinski definition) is 2. The van der Waals surface area contributed by atoms with Gasteiger partial charge in [0, 0.05) is 27.2 Å². The van der Waals surface area contributed by atoms with E-state index in [1.807, 2.05) is 24.3 Å². The summed E-state index contributed by atoms with van der Waals surface area (Å²) in [6.07, 6.45) is 2.07. The molecule has 1 N–H and O–H groups in total. The predicted molar refractivity (Wildman–Crippen MR) is 82.0 cm³/mol. The fourth-order valence-electron chi connectivity index (χ4n) is 1.70. The Labute approximate surface area is 121 Å². The van der Waals surface area contributed by atoms with Gasteiger partial charge in [0.1, 0.15) is 0 Å². The number of para-hydroxylation sites is 1. The first-order valence-electron chi connectivity index (χ1n) is 5.51. The monoisotopic (exact) mass is 297 g/mol. The number of anilines is 1. The van der Waals surface area contributed by atoms with Gasteiger partial charge in [0.15, 0.2) is 0 Å². The van der Waals surface area contributed by atoms with Crippen LogP contribution in [0.4, 0.5) is 5.69 Å². The number of rotatable bonds is 4. The van der Waals surface area contributed by atoms with Gasteiger partial charge in [0.25, 0.3) is 0 Å². The van der Waals surface area contributed by atoms with Crippen molar-refractivity contribution in [2.75, 3.05) is 11.6 Å². The van der Waals surface area contributed by atoms with Crippen molar-refractivity contribution in [3.05, 3.63) is 58.1 Å². The van der Waals surface area contributed by atoms with Crippen LogP contribution < -0.4 is 5.32 Å². The van der Waals surface area contributed by atoms with Crippen molar-refractivity contribution in [1.29, 1.82) is 0 Å². The minimum Gasteiger partial charge on any atom is -0.380 e. The molecule has 0 heterocycles. The third-order valence-electron chi connectivity index (χ3n) is 2.51. The molecule has 0 radical (unpaired) electrons. The summed E-state index contributed by atoms with van der Waals surface area (Å²) in [7, 11) is 0. The fourth-order valence-corrected chi connectivity index (χ4v) is 2.85. The van der Waals surface area contributed by atoms with Gasteiger partial charge in [0.2, 0.25) is 0 Å². The normalized spacial score (nSPS) is 10.4. The molecule has 2 rings (SSSR count). The van der Waals surface area contributed by atoms with E-state index >= 15 is 0 Å². The zero-order valence-corrected chi connectivity index (χ0v) is 12.2. The minimum atomic E-state index is 0.664. The van der Waals surface area contributed by atoms with Gasteiger partial charge in [-0.25, -0.2) is 0 Å². The molecule has 4 heteroatoms. The molecule has 2 aromatic carbocycles. The molecular weight excluding hydrogens is 285 g/mol. The lowest BCUT2D eigenvalue weighted by Crippen LogP contribution is -2.00. The average Bonchev–Trinajstić information content (AvgIpc) is 2.35. The van der Waals surface area contributed by atoms with E-state index < -0.39 is 0 Å². The van der Waals surface area contributed by atoms with Gasteiger partial charge in [-0.3, -0.25) is 0 Å². The Hall–Kier alpha value is -0.830. The maximum Gasteiger partial charge on any atom is 0.0480 e. The van der Waals surface area contributed by atoms with Crippen LogP contribution in [0.25, 0.3) is 0 Å².